The average Bonchev–Trinajstić information content (AvgIpc) is 2.61. The van der Waals surface area contributed by atoms with Gasteiger partial charge in [-0.3, -0.25) is 0 Å². The van der Waals surface area contributed by atoms with Gasteiger partial charge in [-0.05, 0) is 30.9 Å². The van der Waals surface area contributed by atoms with Crippen LogP contribution in [0.4, 0.5) is 0 Å². The van der Waals surface area contributed by atoms with Crippen LogP contribution in [0.5, 0.6) is 0 Å². The van der Waals surface area contributed by atoms with Crippen molar-refractivity contribution >= 4 is 0 Å². The zero-order valence-corrected chi connectivity index (χ0v) is 9.89. The Labute approximate surface area is 87.5 Å². The summed E-state index contributed by atoms with van der Waals surface area (Å²) in [5.41, 5.74) is 0.487. The van der Waals surface area contributed by atoms with Crippen LogP contribution in [0.25, 0.3) is 0 Å². The third-order valence-corrected chi connectivity index (χ3v) is 3.48. The largest absolute Gasteiger partial charge is 0.466 e. The Kier molecular flexibility index (Phi) is 3.79. The van der Waals surface area contributed by atoms with Gasteiger partial charge in [0.2, 0.25) is 0 Å². The van der Waals surface area contributed by atoms with Crippen LogP contribution in [0.1, 0.15) is 51.6 Å². The summed E-state index contributed by atoms with van der Waals surface area (Å²) < 4.78 is 5.57. The Morgan fingerprint density at radius 3 is 2.29 bits per heavy atom. The van der Waals surface area contributed by atoms with Gasteiger partial charge in [0.25, 0.3) is 0 Å². The van der Waals surface area contributed by atoms with Crippen molar-refractivity contribution in [1.29, 1.82) is 0 Å². The van der Waals surface area contributed by atoms with Crippen LogP contribution in [-0.2, 0) is 6.42 Å². The zero-order valence-electron chi connectivity index (χ0n) is 9.89. The van der Waals surface area contributed by atoms with Gasteiger partial charge in [-0.25, -0.2) is 0 Å². The minimum absolute atomic E-state index is 0.487. The Bertz CT molecular complexity index is 269. The van der Waals surface area contributed by atoms with Crippen LogP contribution >= 0.6 is 0 Å². The van der Waals surface area contributed by atoms with E-state index in [1.165, 1.54) is 19.3 Å². The molecule has 0 atom stereocenters. The standard InChI is InChI=1S/C13H22O/c1-5-13(4,6-2)10-9-12-8-7-11(3)14-12/h7-8H,5-6,9-10H2,1-4H3. The molecule has 80 valence electrons. The van der Waals surface area contributed by atoms with Crippen molar-refractivity contribution in [3.8, 4) is 0 Å². The molecular weight excluding hydrogens is 172 g/mol. The van der Waals surface area contributed by atoms with E-state index < -0.39 is 0 Å². The van der Waals surface area contributed by atoms with Crippen molar-refractivity contribution in [2.75, 3.05) is 0 Å². The van der Waals surface area contributed by atoms with Crippen molar-refractivity contribution in [2.24, 2.45) is 5.41 Å². The molecule has 14 heavy (non-hydrogen) atoms. The van der Waals surface area contributed by atoms with Gasteiger partial charge >= 0.3 is 0 Å². The molecule has 0 radical (unpaired) electrons. The van der Waals surface area contributed by atoms with Gasteiger partial charge in [0.05, 0.1) is 0 Å². The second-order valence-electron chi connectivity index (χ2n) is 4.53. The van der Waals surface area contributed by atoms with Gasteiger partial charge in [-0.15, -0.1) is 0 Å². The van der Waals surface area contributed by atoms with Crippen molar-refractivity contribution in [1.82, 2.24) is 0 Å². The second kappa shape index (κ2) is 4.68. The van der Waals surface area contributed by atoms with E-state index in [0.29, 0.717) is 5.41 Å². The summed E-state index contributed by atoms with van der Waals surface area (Å²) in [6, 6.07) is 4.14. The van der Waals surface area contributed by atoms with Crippen LogP contribution in [0.15, 0.2) is 16.5 Å². The summed E-state index contributed by atoms with van der Waals surface area (Å²) in [4.78, 5) is 0. The van der Waals surface area contributed by atoms with E-state index in [4.69, 9.17) is 4.42 Å². The Morgan fingerprint density at radius 2 is 1.86 bits per heavy atom. The summed E-state index contributed by atoms with van der Waals surface area (Å²) in [6.45, 7) is 8.92. The molecule has 0 unspecified atom stereocenters. The molecule has 0 bridgehead atoms. The molecule has 0 aliphatic carbocycles. The van der Waals surface area contributed by atoms with E-state index in [1.54, 1.807) is 0 Å². The number of furan rings is 1. The van der Waals surface area contributed by atoms with Crippen molar-refractivity contribution in [2.45, 2.75) is 53.4 Å². The summed E-state index contributed by atoms with van der Waals surface area (Å²) >= 11 is 0. The van der Waals surface area contributed by atoms with Crippen molar-refractivity contribution in [3.63, 3.8) is 0 Å². The lowest BCUT2D eigenvalue weighted by molar-refractivity contribution is 0.265. The lowest BCUT2D eigenvalue weighted by atomic mass is 9.80. The third kappa shape index (κ3) is 2.90. The number of aryl methyl sites for hydroxylation is 2. The van der Waals surface area contributed by atoms with E-state index in [1.807, 2.05) is 13.0 Å². The van der Waals surface area contributed by atoms with Crippen LogP contribution in [-0.4, -0.2) is 0 Å². The fourth-order valence-corrected chi connectivity index (χ4v) is 1.65. The molecule has 0 fully saturated rings. The maximum absolute atomic E-state index is 5.57. The normalized spacial score (nSPS) is 12.0. The highest BCUT2D eigenvalue weighted by molar-refractivity contribution is 5.05. The Morgan fingerprint density at radius 1 is 1.21 bits per heavy atom. The predicted molar refractivity (Wildman–Crippen MR) is 60.5 cm³/mol. The molecule has 0 aromatic carbocycles. The van der Waals surface area contributed by atoms with E-state index >= 15 is 0 Å². The first kappa shape index (κ1) is 11.4. The number of rotatable bonds is 5. The maximum atomic E-state index is 5.57. The Balaban J connectivity index is 2.47. The van der Waals surface area contributed by atoms with Gasteiger partial charge in [-0.1, -0.05) is 33.6 Å². The molecule has 0 spiro atoms. The van der Waals surface area contributed by atoms with Gasteiger partial charge in [0, 0.05) is 6.42 Å². The first-order valence-corrected chi connectivity index (χ1v) is 5.65. The summed E-state index contributed by atoms with van der Waals surface area (Å²) in [5.74, 6) is 2.16. The first-order valence-electron chi connectivity index (χ1n) is 5.65. The Hall–Kier alpha value is -0.720. The minimum atomic E-state index is 0.487. The van der Waals surface area contributed by atoms with E-state index in [2.05, 4.69) is 26.8 Å². The highest BCUT2D eigenvalue weighted by Gasteiger charge is 2.19. The summed E-state index contributed by atoms with van der Waals surface area (Å²) in [5, 5.41) is 0. The van der Waals surface area contributed by atoms with Gasteiger partial charge in [-0.2, -0.15) is 0 Å². The molecule has 0 aliphatic rings. The van der Waals surface area contributed by atoms with Crippen molar-refractivity contribution < 1.29 is 4.42 Å². The molecule has 1 nitrogen and oxygen atoms in total. The van der Waals surface area contributed by atoms with Gasteiger partial charge < -0.3 is 4.42 Å². The molecule has 0 aliphatic heterocycles. The molecule has 0 amide bonds. The van der Waals surface area contributed by atoms with Crippen LogP contribution in [0.2, 0.25) is 0 Å². The van der Waals surface area contributed by atoms with E-state index in [0.717, 1.165) is 17.9 Å². The molecule has 1 aromatic rings. The highest BCUT2D eigenvalue weighted by atomic mass is 16.3. The van der Waals surface area contributed by atoms with E-state index in [-0.39, 0.29) is 0 Å². The molecule has 1 heteroatoms. The SMILES string of the molecule is CCC(C)(CC)CCc1ccc(C)o1. The molecule has 0 N–H and O–H groups in total. The van der Waals surface area contributed by atoms with E-state index in [9.17, 15) is 0 Å². The van der Waals surface area contributed by atoms with Gasteiger partial charge in [0.15, 0.2) is 0 Å². The van der Waals surface area contributed by atoms with Gasteiger partial charge in [0.1, 0.15) is 11.5 Å². The average molecular weight is 194 g/mol. The fraction of sp³-hybridized carbons (Fsp3) is 0.692. The topological polar surface area (TPSA) is 13.1 Å². The molecule has 0 saturated heterocycles. The van der Waals surface area contributed by atoms with Crippen LogP contribution in [0.3, 0.4) is 0 Å². The quantitative estimate of drug-likeness (QED) is 0.679. The second-order valence-corrected chi connectivity index (χ2v) is 4.53. The zero-order chi connectivity index (χ0) is 10.6. The molecular formula is C13H22O. The lowest BCUT2D eigenvalue weighted by Crippen LogP contribution is -2.14. The molecule has 1 rings (SSSR count). The number of hydrogen-bond donors (Lipinski definition) is 0. The highest BCUT2D eigenvalue weighted by Crippen LogP contribution is 2.31. The van der Waals surface area contributed by atoms with Crippen molar-refractivity contribution in [3.05, 3.63) is 23.7 Å². The maximum Gasteiger partial charge on any atom is 0.104 e. The fourth-order valence-electron chi connectivity index (χ4n) is 1.65. The third-order valence-electron chi connectivity index (χ3n) is 3.48. The summed E-state index contributed by atoms with van der Waals surface area (Å²) in [6.07, 6.45) is 4.81. The smallest absolute Gasteiger partial charge is 0.104 e. The predicted octanol–water partition coefficient (Wildman–Crippen LogP) is 4.35. The number of hydrogen-bond acceptors (Lipinski definition) is 1. The monoisotopic (exact) mass is 194 g/mol. The molecule has 1 heterocycles. The molecule has 0 saturated carbocycles. The first-order chi connectivity index (χ1) is 6.59. The minimum Gasteiger partial charge on any atom is -0.466 e. The van der Waals surface area contributed by atoms with Crippen LogP contribution < -0.4 is 0 Å². The molecule has 1 aromatic heterocycles. The summed E-state index contributed by atoms with van der Waals surface area (Å²) in [7, 11) is 0. The van der Waals surface area contributed by atoms with Crippen LogP contribution in [0, 0.1) is 12.3 Å². The lowest BCUT2D eigenvalue weighted by Gasteiger charge is -2.25.